The third kappa shape index (κ3) is 2.16. The minimum atomic E-state index is -0.332. The second kappa shape index (κ2) is 4.38. The van der Waals surface area contributed by atoms with E-state index >= 15 is 0 Å². The summed E-state index contributed by atoms with van der Waals surface area (Å²) in [6.45, 7) is 0.682. The lowest BCUT2D eigenvalue weighted by atomic mass is 10.2. The maximum Gasteiger partial charge on any atom is 0.248 e. The van der Waals surface area contributed by atoms with Crippen LogP contribution in [0.4, 0.5) is 15.9 Å². The van der Waals surface area contributed by atoms with E-state index in [-0.39, 0.29) is 18.3 Å². The van der Waals surface area contributed by atoms with Gasteiger partial charge < -0.3 is 10.6 Å². The smallest absolute Gasteiger partial charge is 0.248 e. The summed E-state index contributed by atoms with van der Waals surface area (Å²) in [6.07, 6.45) is 2.40. The third-order valence-corrected chi connectivity index (χ3v) is 3.20. The normalized spacial score (nSPS) is 13.6. The summed E-state index contributed by atoms with van der Waals surface area (Å²) in [4.78, 5) is 13.8. The van der Waals surface area contributed by atoms with E-state index in [9.17, 15) is 9.18 Å². The molecule has 2 aromatic rings. The average Bonchev–Trinajstić information content (AvgIpc) is 2.95. The zero-order valence-electron chi connectivity index (χ0n) is 10.2. The molecule has 19 heavy (non-hydrogen) atoms. The first-order chi connectivity index (χ1) is 9.13. The van der Waals surface area contributed by atoms with Gasteiger partial charge in [0, 0.05) is 18.4 Å². The number of rotatable bonds is 2. The van der Waals surface area contributed by atoms with Gasteiger partial charge >= 0.3 is 0 Å². The molecule has 1 aliphatic rings. The van der Waals surface area contributed by atoms with Crippen molar-refractivity contribution < 1.29 is 9.18 Å². The van der Waals surface area contributed by atoms with Crippen molar-refractivity contribution in [3.8, 4) is 0 Å². The molecule has 0 aliphatic carbocycles. The second-order valence-corrected chi connectivity index (χ2v) is 4.51. The number of nitrogen functional groups attached to an aromatic ring is 1. The molecule has 0 bridgehead atoms. The van der Waals surface area contributed by atoms with Crippen molar-refractivity contribution in [2.24, 2.45) is 0 Å². The molecule has 2 heterocycles. The fraction of sp³-hybridized carbons (Fsp3) is 0.231. The number of fused-ring (bicyclic) bond motifs is 1. The van der Waals surface area contributed by atoms with Gasteiger partial charge in [-0.05, 0) is 30.2 Å². The molecular formula is C13H13FN4O. The summed E-state index contributed by atoms with van der Waals surface area (Å²) in [5.41, 5.74) is 7.15. The van der Waals surface area contributed by atoms with Crippen molar-refractivity contribution in [1.82, 2.24) is 9.78 Å². The van der Waals surface area contributed by atoms with Crippen LogP contribution in [0.2, 0.25) is 0 Å². The van der Waals surface area contributed by atoms with Crippen molar-refractivity contribution in [3.63, 3.8) is 0 Å². The zero-order valence-corrected chi connectivity index (χ0v) is 10.2. The predicted octanol–water partition coefficient (Wildman–Crippen LogP) is 1.19. The highest BCUT2D eigenvalue weighted by Gasteiger charge is 2.25. The van der Waals surface area contributed by atoms with Crippen LogP contribution < -0.4 is 10.6 Å². The number of nitrogens with zero attached hydrogens (tertiary/aromatic N) is 3. The molecule has 3 rings (SSSR count). The van der Waals surface area contributed by atoms with E-state index in [1.54, 1.807) is 23.2 Å². The van der Waals surface area contributed by atoms with E-state index in [0.29, 0.717) is 18.1 Å². The van der Waals surface area contributed by atoms with Crippen molar-refractivity contribution in [3.05, 3.63) is 41.8 Å². The molecule has 98 valence electrons. The number of nitrogens with two attached hydrogens (primary N) is 1. The van der Waals surface area contributed by atoms with Crippen LogP contribution in [0, 0.1) is 5.82 Å². The van der Waals surface area contributed by atoms with E-state index < -0.39 is 0 Å². The van der Waals surface area contributed by atoms with Crippen LogP contribution in [0.5, 0.6) is 0 Å². The van der Waals surface area contributed by atoms with Crippen LogP contribution in [-0.2, 0) is 17.8 Å². The van der Waals surface area contributed by atoms with Gasteiger partial charge in [-0.3, -0.25) is 9.48 Å². The Bertz CT molecular complexity index is 637. The van der Waals surface area contributed by atoms with Gasteiger partial charge in [-0.25, -0.2) is 4.39 Å². The molecular weight excluding hydrogens is 247 g/mol. The fourth-order valence-electron chi connectivity index (χ4n) is 2.30. The Morgan fingerprint density at radius 3 is 3.00 bits per heavy atom. The first-order valence-electron chi connectivity index (χ1n) is 6.01. The maximum absolute atomic E-state index is 13.3. The highest BCUT2D eigenvalue weighted by atomic mass is 19.1. The fourth-order valence-corrected chi connectivity index (χ4v) is 2.30. The van der Waals surface area contributed by atoms with Gasteiger partial charge in [-0.15, -0.1) is 0 Å². The number of aromatic nitrogens is 2. The average molecular weight is 260 g/mol. The van der Waals surface area contributed by atoms with Gasteiger partial charge in [0.05, 0.1) is 0 Å². The molecule has 6 heteroatoms. The molecule has 0 saturated carbocycles. The summed E-state index contributed by atoms with van der Waals surface area (Å²) < 4.78 is 14.7. The van der Waals surface area contributed by atoms with Gasteiger partial charge in [0.2, 0.25) is 5.91 Å². The first kappa shape index (κ1) is 11.7. The van der Waals surface area contributed by atoms with Gasteiger partial charge in [-0.2, -0.15) is 5.10 Å². The molecule has 0 spiro atoms. The number of anilines is 2. The zero-order chi connectivity index (χ0) is 13.4. The molecule has 5 nitrogen and oxygen atoms in total. The third-order valence-electron chi connectivity index (χ3n) is 3.20. The van der Waals surface area contributed by atoms with Crippen LogP contribution >= 0.6 is 0 Å². The molecule has 0 unspecified atom stereocenters. The molecule has 2 N–H and O–H groups in total. The molecule has 0 fully saturated rings. The molecule has 0 atom stereocenters. The van der Waals surface area contributed by atoms with Crippen molar-refractivity contribution in [2.75, 3.05) is 17.2 Å². The Balaban J connectivity index is 1.81. The van der Waals surface area contributed by atoms with E-state index in [0.717, 1.165) is 12.0 Å². The van der Waals surface area contributed by atoms with Crippen molar-refractivity contribution in [2.45, 2.75) is 13.0 Å². The van der Waals surface area contributed by atoms with Crippen molar-refractivity contribution >= 4 is 17.4 Å². The number of amides is 1. The number of halogens is 1. The van der Waals surface area contributed by atoms with Gasteiger partial charge in [0.1, 0.15) is 18.2 Å². The number of carbonyl (C=O) groups is 1. The minimum absolute atomic E-state index is 0.104. The summed E-state index contributed by atoms with van der Waals surface area (Å²) in [6, 6.07) is 6.17. The topological polar surface area (TPSA) is 64.2 Å². The van der Waals surface area contributed by atoms with Crippen LogP contribution in [0.1, 0.15) is 5.56 Å². The Morgan fingerprint density at radius 1 is 1.42 bits per heavy atom. The Kier molecular flexibility index (Phi) is 2.70. The minimum Gasteiger partial charge on any atom is -0.382 e. The van der Waals surface area contributed by atoms with Crippen molar-refractivity contribution in [1.29, 1.82) is 0 Å². The maximum atomic E-state index is 13.3. The highest BCUT2D eigenvalue weighted by molar-refractivity contribution is 5.95. The van der Waals surface area contributed by atoms with Gasteiger partial charge in [0.15, 0.2) is 0 Å². The molecule has 0 radical (unpaired) electrons. The Hall–Kier alpha value is -2.37. The lowest BCUT2D eigenvalue weighted by Crippen LogP contribution is -2.32. The standard InChI is InChI=1S/C13H13FN4O/c14-10-2-1-9-3-6-18(11(9)7-10)13(19)8-17-5-4-12(15)16-17/h1-2,4-5,7H,3,6,8H2,(H2,15,16). The van der Waals surface area contributed by atoms with Gasteiger partial charge in [-0.1, -0.05) is 6.07 Å². The molecule has 1 aliphatic heterocycles. The van der Waals surface area contributed by atoms with Crippen LogP contribution in [-0.4, -0.2) is 22.2 Å². The predicted molar refractivity (Wildman–Crippen MR) is 69.1 cm³/mol. The summed E-state index contributed by atoms with van der Waals surface area (Å²) in [5.74, 6) is -0.0742. The number of hydrogen-bond acceptors (Lipinski definition) is 3. The summed E-state index contributed by atoms with van der Waals surface area (Å²) in [7, 11) is 0. The van der Waals surface area contributed by atoms with Crippen LogP contribution in [0.15, 0.2) is 30.5 Å². The number of carbonyl (C=O) groups excluding carboxylic acids is 1. The SMILES string of the molecule is Nc1ccn(CC(=O)N2CCc3ccc(F)cc32)n1. The van der Waals surface area contributed by atoms with E-state index in [1.807, 2.05) is 0 Å². The summed E-state index contributed by atoms with van der Waals surface area (Å²) in [5, 5.41) is 3.97. The molecule has 1 amide bonds. The van der Waals surface area contributed by atoms with E-state index in [1.165, 1.54) is 16.8 Å². The Labute approximate surface area is 109 Å². The largest absolute Gasteiger partial charge is 0.382 e. The van der Waals surface area contributed by atoms with E-state index in [4.69, 9.17) is 5.73 Å². The molecule has 1 aromatic carbocycles. The quantitative estimate of drug-likeness (QED) is 0.882. The highest BCUT2D eigenvalue weighted by Crippen LogP contribution is 2.28. The van der Waals surface area contributed by atoms with Crippen LogP contribution in [0.25, 0.3) is 0 Å². The number of benzene rings is 1. The molecule has 0 saturated heterocycles. The van der Waals surface area contributed by atoms with E-state index in [2.05, 4.69) is 5.10 Å². The monoisotopic (exact) mass is 260 g/mol. The summed E-state index contributed by atoms with van der Waals surface area (Å²) >= 11 is 0. The lowest BCUT2D eigenvalue weighted by Gasteiger charge is -2.17. The second-order valence-electron chi connectivity index (χ2n) is 4.51. The lowest BCUT2D eigenvalue weighted by molar-refractivity contribution is -0.119. The van der Waals surface area contributed by atoms with Gasteiger partial charge in [0.25, 0.3) is 0 Å². The Morgan fingerprint density at radius 2 is 2.26 bits per heavy atom. The molecule has 1 aromatic heterocycles. The number of hydrogen-bond donors (Lipinski definition) is 1. The first-order valence-corrected chi connectivity index (χ1v) is 6.01. The van der Waals surface area contributed by atoms with Crippen LogP contribution in [0.3, 0.4) is 0 Å².